The molecule has 0 aliphatic heterocycles. The molecule has 1 aromatic carbocycles. The lowest BCUT2D eigenvalue weighted by Gasteiger charge is -2.19. The number of furan rings is 1. The number of rotatable bonds is 7. The summed E-state index contributed by atoms with van der Waals surface area (Å²) in [4.78, 5) is 23.8. The predicted octanol–water partition coefficient (Wildman–Crippen LogP) is 3.69. The van der Waals surface area contributed by atoms with Gasteiger partial charge in [0.2, 0.25) is 11.5 Å². The van der Waals surface area contributed by atoms with Gasteiger partial charge in [-0.15, -0.1) is 0 Å². The van der Waals surface area contributed by atoms with E-state index >= 15 is 0 Å². The van der Waals surface area contributed by atoms with E-state index in [1.807, 2.05) is 0 Å². The first-order valence-corrected chi connectivity index (χ1v) is 8.14. The largest absolute Gasteiger partial charge is 0.502 e. The average Bonchev–Trinajstić information content (AvgIpc) is 3.07. The zero-order valence-electron chi connectivity index (χ0n) is 15.5. The van der Waals surface area contributed by atoms with Gasteiger partial charge >= 0.3 is 5.97 Å². The van der Waals surface area contributed by atoms with Gasteiger partial charge in [0.15, 0.2) is 5.76 Å². The van der Waals surface area contributed by atoms with Gasteiger partial charge in [0.25, 0.3) is 0 Å². The fourth-order valence-corrected chi connectivity index (χ4v) is 2.34. The van der Waals surface area contributed by atoms with Gasteiger partial charge in [-0.25, -0.2) is 9.18 Å². The molecule has 0 atom stereocenters. The molecule has 0 saturated carbocycles. The first kappa shape index (κ1) is 20.4. The fourth-order valence-electron chi connectivity index (χ4n) is 2.34. The smallest absolute Gasteiger partial charge is 0.373 e. The first-order valence-electron chi connectivity index (χ1n) is 8.14. The van der Waals surface area contributed by atoms with Crippen LogP contribution in [0.2, 0.25) is 0 Å². The van der Waals surface area contributed by atoms with E-state index in [1.54, 1.807) is 32.0 Å². The molecule has 0 saturated heterocycles. The molecule has 0 aliphatic rings. The van der Waals surface area contributed by atoms with Crippen LogP contribution in [0.25, 0.3) is 0 Å². The van der Waals surface area contributed by atoms with Crippen LogP contribution in [0.1, 0.15) is 41.3 Å². The normalized spacial score (nSPS) is 12.1. The highest BCUT2D eigenvalue weighted by Crippen LogP contribution is 2.30. The Bertz CT molecular complexity index is 861. The molecule has 7 heteroatoms. The number of ketones is 1. The number of allylic oxidation sites excluding steroid dienone is 1. The summed E-state index contributed by atoms with van der Waals surface area (Å²) >= 11 is 0. The summed E-state index contributed by atoms with van der Waals surface area (Å²) in [7, 11) is 2.59. The molecule has 2 aromatic rings. The second-order valence-corrected chi connectivity index (χ2v) is 6.37. The molecule has 27 heavy (non-hydrogen) atoms. The summed E-state index contributed by atoms with van der Waals surface area (Å²) in [5.74, 6) is -2.58. The van der Waals surface area contributed by atoms with Gasteiger partial charge in [-0.3, -0.25) is 4.79 Å². The Morgan fingerprint density at radius 3 is 2.41 bits per heavy atom. The summed E-state index contributed by atoms with van der Waals surface area (Å²) < 4.78 is 28.6. The predicted molar refractivity (Wildman–Crippen MR) is 95.0 cm³/mol. The van der Waals surface area contributed by atoms with Gasteiger partial charge in [-0.1, -0.05) is 12.1 Å². The molecule has 0 bridgehead atoms. The number of aliphatic hydroxyl groups excluding tert-OH is 1. The van der Waals surface area contributed by atoms with Gasteiger partial charge in [0, 0.05) is 25.2 Å². The lowest BCUT2D eigenvalue weighted by molar-refractivity contribution is -0.139. The van der Waals surface area contributed by atoms with Gasteiger partial charge in [0.1, 0.15) is 17.2 Å². The Kier molecular flexibility index (Phi) is 6.17. The fraction of sp³-hybridized carbons (Fsp3) is 0.300. The van der Waals surface area contributed by atoms with Gasteiger partial charge in [0.05, 0.1) is 7.11 Å². The SMILES string of the molecule is COC(=O)C(O)=CC(=O)c1oc(C(C)(C)OC)cc1Cc1ccc(F)cc1. The third-order valence-electron chi connectivity index (χ3n) is 4.11. The van der Waals surface area contributed by atoms with Crippen LogP contribution in [0.3, 0.4) is 0 Å². The molecule has 1 heterocycles. The topological polar surface area (TPSA) is 86.0 Å². The first-order chi connectivity index (χ1) is 12.7. The number of hydrogen-bond acceptors (Lipinski definition) is 6. The van der Waals surface area contributed by atoms with Crippen molar-refractivity contribution >= 4 is 11.8 Å². The molecule has 6 nitrogen and oxygen atoms in total. The van der Waals surface area contributed by atoms with E-state index in [1.165, 1.54) is 19.2 Å². The Hall–Kier alpha value is -2.93. The average molecular weight is 376 g/mol. The van der Waals surface area contributed by atoms with Gasteiger partial charge in [-0.05, 0) is 37.6 Å². The molecule has 0 amide bonds. The molecular weight excluding hydrogens is 355 g/mol. The van der Waals surface area contributed by atoms with Crippen molar-refractivity contribution in [3.8, 4) is 0 Å². The minimum absolute atomic E-state index is 0.0464. The number of methoxy groups -OCH3 is 2. The Morgan fingerprint density at radius 2 is 1.85 bits per heavy atom. The van der Waals surface area contributed by atoms with Crippen molar-refractivity contribution in [3.63, 3.8) is 0 Å². The quantitative estimate of drug-likeness (QED) is 0.343. The number of carbonyl (C=O) groups excluding carboxylic acids is 2. The number of benzene rings is 1. The number of hydrogen-bond donors (Lipinski definition) is 1. The van der Waals surface area contributed by atoms with Crippen LogP contribution in [0.4, 0.5) is 4.39 Å². The lowest BCUT2D eigenvalue weighted by Crippen LogP contribution is -2.18. The van der Waals surface area contributed by atoms with Crippen molar-refractivity contribution in [3.05, 3.63) is 70.6 Å². The van der Waals surface area contributed by atoms with E-state index in [9.17, 15) is 19.1 Å². The summed E-state index contributed by atoms with van der Waals surface area (Å²) in [6.45, 7) is 3.53. The van der Waals surface area contributed by atoms with E-state index in [4.69, 9.17) is 9.15 Å². The Balaban J connectivity index is 2.45. The van der Waals surface area contributed by atoms with Gasteiger partial charge < -0.3 is 19.0 Å². The van der Waals surface area contributed by atoms with Crippen molar-refractivity contribution in [1.29, 1.82) is 0 Å². The van der Waals surface area contributed by atoms with Crippen LogP contribution < -0.4 is 0 Å². The molecule has 0 radical (unpaired) electrons. The zero-order chi connectivity index (χ0) is 20.2. The van der Waals surface area contributed by atoms with Crippen molar-refractivity contribution in [1.82, 2.24) is 0 Å². The van der Waals surface area contributed by atoms with E-state index in [0.29, 0.717) is 11.3 Å². The molecule has 0 unspecified atom stereocenters. The van der Waals surface area contributed by atoms with E-state index in [2.05, 4.69) is 4.74 Å². The third kappa shape index (κ3) is 4.83. The van der Waals surface area contributed by atoms with E-state index in [-0.39, 0.29) is 18.0 Å². The molecule has 144 valence electrons. The molecule has 2 rings (SSSR count). The van der Waals surface area contributed by atoms with E-state index in [0.717, 1.165) is 18.7 Å². The zero-order valence-corrected chi connectivity index (χ0v) is 15.5. The van der Waals surface area contributed by atoms with Crippen molar-refractivity contribution in [2.24, 2.45) is 0 Å². The Labute approximate surface area is 156 Å². The molecule has 1 N–H and O–H groups in total. The van der Waals surface area contributed by atoms with E-state index < -0.39 is 23.1 Å². The molecule has 0 spiro atoms. The van der Waals surface area contributed by atoms with Crippen LogP contribution in [0.15, 0.2) is 46.6 Å². The highest BCUT2D eigenvalue weighted by molar-refractivity contribution is 6.07. The summed E-state index contributed by atoms with van der Waals surface area (Å²) in [6.07, 6.45) is 1.03. The number of ether oxygens (including phenoxy) is 2. The number of halogens is 1. The summed E-state index contributed by atoms with van der Waals surface area (Å²) in [5.41, 5.74) is 0.472. The van der Waals surface area contributed by atoms with Crippen LogP contribution in [0, 0.1) is 5.82 Å². The van der Waals surface area contributed by atoms with Gasteiger partial charge in [-0.2, -0.15) is 0 Å². The third-order valence-corrected chi connectivity index (χ3v) is 4.11. The van der Waals surface area contributed by atoms with Crippen LogP contribution in [-0.4, -0.2) is 31.1 Å². The lowest BCUT2D eigenvalue weighted by atomic mass is 10.0. The molecule has 1 aromatic heterocycles. The number of esters is 1. The Morgan fingerprint density at radius 1 is 1.22 bits per heavy atom. The molecular formula is C20H21FO6. The number of aliphatic hydroxyl groups is 1. The maximum atomic E-state index is 13.1. The van der Waals surface area contributed by atoms with Crippen molar-refractivity contribution in [2.45, 2.75) is 25.9 Å². The number of carbonyl (C=O) groups is 2. The second-order valence-electron chi connectivity index (χ2n) is 6.37. The minimum atomic E-state index is -1.03. The monoisotopic (exact) mass is 376 g/mol. The van der Waals surface area contributed by atoms with Crippen LogP contribution >= 0.6 is 0 Å². The minimum Gasteiger partial charge on any atom is -0.502 e. The van der Waals surface area contributed by atoms with Crippen LogP contribution in [-0.2, 0) is 26.3 Å². The van der Waals surface area contributed by atoms with Crippen LogP contribution in [0.5, 0.6) is 0 Å². The van der Waals surface area contributed by atoms with Crippen molar-refractivity contribution < 1.29 is 33.0 Å². The molecule has 0 aliphatic carbocycles. The maximum absolute atomic E-state index is 13.1. The summed E-state index contributed by atoms with van der Waals surface area (Å²) in [5, 5.41) is 9.63. The maximum Gasteiger partial charge on any atom is 0.373 e. The molecule has 0 fully saturated rings. The highest BCUT2D eigenvalue weighted by atomic mass is 19.1. The standard InChI is InChI=1S/C20H21FO6/c1-20(2,26-4)17-10-13(9-12-5-7-14(21)8-6-12)18(27-17)15(22)11-16(23)19(24)25-3/h5-8,10-11,23H,9H2,1-4H3. The van der Waals surface area contributed by atoms with Crippen molar-refractivity contribution in [2.75, 3.05) is 14.2 Å². The second kappa shape index (κ2) is 8.18. The summed E-state index contributed by atoms with van der Waals surface area (Å²) in [6, 6.07) is 7.50. The highest BCUT2D eigenvalue weighted by Gasteiger charge is 2.28.